The minimum absolute atomic E-state index is 0.0649. The lowest BCUT2D eigenvalue weighted by atomic mass is 10.1. The lowest BCUT2D eigenvalue weighted by Gasteiger charge is -2.07. The number of amides is 1. The number of aromatic nitrogens is 4. The first-order chi connectivity index (χ1) is 15.0. The van der Waals surface area contributed by atoms with Crippen LogP contribution in [0, 0.1) is 6.92 Å². The van der Waals surface area contributed by atoms with E-state index in [0.717, 1.165) is 15.7 Å². The van der Waals surface area contributed by atoms with E-state index in [-0.39, 0.29) is 5.56 Å². The average molecular weight is 476 g/mol. The summed E-state index contributed by atoms with van der Waals surface area (Å²) < 4.78 is 7.76. The van der Waals surface area contributed by atoms with Gasteiger partial charge in [-0.1, -0.05) is 28.1 Å². The highest BCUT2D eigenvalue weighted by molar-refractivity contribution is 9.10. The molecule has 0 unspecified atom stereocenters. The number of aryl methyl sites for hydroxylation is 1. The van der Waals surface area contributed by atoms with Crippen LogP contribution in [0.4, 0.5) is 5.69 Å². The number of benzene rings is 2. The molecule has 0 bridgehead atoms. The molecule has 152 valence electrons. The lowest BCUT2D eigenvalue weighted by Crippen LogP contribution is -2.20. The molecule has 0 saturated heterocycles. The van der Waals surface area contributed by atoms with Crippen LogP contribution in [0.5, 0.6) is 0 Å². The molecule has 0 saturated carbocycles. The molecule has 31 heavy (non-hydrogen) atoms. The molecule has 8 nitrogen and oxygen atoms in total. The van der Waals surface area contributed by atoms with E-state index in [2.05, 4.69) is 36.5 Å². The topological polar surface area (TPSA) is 102 Å². The fourth-order valence-electron chi connectivity index (χ4n) is 3.23. The Morgan fingerprint density at radius 1 is 1.03 bits per heavy atom. The number of anilines is 1. The fourth-order valence-corrected chi connectivity index (χ4v) is 3.60. The van der Waals surface area contributed by atoms with Crippen molar-refractivity contribution < 1.29 is 9.21 Å². The summed E-state index contributed by atoms with van der Waals surface area (Å²) >= 11 is 3.37. The summed E-state index contributed by atoms with van der Waals surface area (Å²) in [4.78, 5) is 24.9. The van der Waals surface area contributed by atoms with Crippen LogP contribution in [-0.4, -0.2) is 25.7 Å². The van der Waals surface area contributed by atoms with Gasteiger partial charge >= 0.3 is 5.63 Å². The molecule has 5 rings (SSSR count). The van der Waals surface area contributed by atoms with Crippen molar-refractivity contribution in [1.82, 2.24) is 19.8 Å². The first kappa shape index (κ1) is 19.1. The zero-order valence-corrected chi connectivity index (χ0v) is 17.8. The average Bonchev–Trinajstić information content (AvgIpc) is 3.14. The second-order valence-corrected chi connectivity index (χ2v) is 7.81. The minimum Gasteiger partial charge on any atom is -0.422 e. The largest absolute Gasteiger partial charge is 0.422 e. The van der Waals surface area contributed by atoms with E-state index in [1.54, 1.807) is 34.8 Å². The third-order valence-corrected chi connectivity index (χ3v) is 5.29. The second-order valence-electron chi connectivity index (χ2n) is 6.90. The highest BCUT2D eigenvalue weighted by Crippen LogP contribution is 2.22. The summed E-state index contributed by atoms with van der Waals surface area (Å²) in [5.74, 6) is 0.157. The highest BCUT2D eigenvalue weighted by Gasteiger charge is 2.14. The molecule has 3 aromatic heterocycles. The first-order valence-corrected chi connectivity index (χ1v) is 10.1. The number of fused-ring (bicyclic) bond motifs is 2. The lowest BCUT2D eigenvalue weighted by molar-refractivity contribution is 0.102. The van der Waals surface area contributed by atoms with E-state index in [1.165, 1.54) is 6.07 Å². The van der Waals surface area contributed by atoms with Crippen molar-refractivity contribution in [2.45, 2.75) is 6.92 Å². The predicted octanol–water partition coefficient (Wildman–Crippen LogP) is 4.22. The molecule has 0 aliphatic rings. The van der Waals surface area contributed by atoms with Crippen LogP contribution in [0.25, 0.3) is 27.9 Å². The zero-order valence-electron chi connectivity index (χ0n) is 16.2. The maximum Gasteiger partial charge on any atom is 0.349 e. The van der Waals surface area contributed by atoms with Gasteiger partial charge in [-0.2, -0.15) is 9.61 Å². The van der Waals surface area contributed by atoms with E-state index in [9.17, 15) is 9.59 Å². The Labute approximate surface area is 183 Å². The SMILES string of the molecule is Cc1nnc2ccc(-c3ccc(NC(=O)c4cc5cc(Br)ccc5oc4=O)cc3)nn12. The number of rotatable bonds is 3. The Bertz CT molecular complexity index is 1520. The van der Waals surface area contributed by atoms with Crippen LogP contribution in [0.15, 0.2) is 74.3 Å². The monoisotopic (exact) mass is 475 g/mol. The van der Waals surface area contributed by atoms with Gasteiger partial charge in [0.1, 0.15) is 11.1 Å². The van der Waals surface area contributed by atoms with Gasteiger partial charge in [0.05, 0.1) is 5.69 Å². The Kier molecular flexibility index (Phi) is 4.59. The first-order valence-electron chi connectivity index (χ1n) is 9.32. The summed E-state index contributed by atoms with van der Waals surface area (Å²) in [6.07, 6.45) is 0. The van der Waals surface area contributed by atoms with Gasteiger partial charge in [-0.25, -0.2) is 4.79 Å². The molecule has 3 heterocycles. The van der Waals surface area contributed by atoms with Crippen molar-refractivity contribution >= 4 is 44.1 Å². The number of carbonyl (C=O) groups is 1. The Morgan fingerprint density at radius 2 is 1.84 bits per heavy atom. The zero-order chi connectivity index (χ0) is 21.5. The molecule has 1 amide bonds. The van der Waals surface area contributed by atoms with Crippen molar-refractivity contribution in [3.05, 3.63) is 86.9 Å². The van der Waals surface area contributed by atoms with Crippen LogP contribution in [0.3, 0.4) is 0 Å². The third kappa shape index (κ3) is 3.59. The van der Waals surface area contributed by atoms with Crippen LogP contribution in [0.1, 0.15) is 16.2 Å². The quantitative estimate of drug-likeness (QED) is 0.392. The number of nitrogens with zero attached hydrogens (tertiary/aromatic N) is 4. The fraction of sp³-hybridized carbons (Fsp3) is 0.0455. The summed E-state index contributed by atoms with van der Waals surface area (Å²) in [6.45, 7) is 1.83. The smallest absolute Gasteiger partial charge is 0.349 e. The number of hydrogen-bond acceptors (Lipinski definition) is 6. The number of halogens is 1. The van der Waals surface area contributed by atoms with Crippen molar-refractivity contribution in [2.75, 3.05) is 5.32 Å². The Balaban J connectivity index is 1.40. The maximum atomic E-state index is 12.7. The van der Waals surface area contributed by atoms with Gasteiger partial charge in [-0.3, -0.25) is 4.79 Å². The normalized spacial score (nSPS) is 11.2. The van der Waals surface area contributed by atoms with Crippen molar-refractivity contribution in [3.8, 4) is 11.3 Å². The van der Waals surface area contributed by atoms with Gasteiger partial charge in [0, 0.05) is 21.1 Å². The number of nitrogens with one attached hydrogen (secondary N) is 1. The predicted molar refractivity (Wildman–Crippen MR) is 119 cm³/mol. The van der Waals surface area contributed by atoms with E-state index in [4.69, 9.17) is 4.42 Å². The second kappa shape index (κ2) is 7.44. The highest BCUT2D eigenvalue weighted by atomic mass is 79.9. The van der Waals surface area contributed by atoms with E-state index in [0.29, 0.717) is 28.1 Å². The van der Waals surface area contributed by atoms with Crippen LogP contribution < -0.4 is 10.9 Å². The van der Waals surface area contributed by atoms with E-state index >= 15 is 0 Å². The van der Waals surface area contributed by atoms with Gasteiger partial charge in [0.25, 0.3) is 5.91 Å². The summed E-state index contributed by atoms with van der Waals surface area (Å²) in [5, 5.41) is 16.0. The number of carbonyl (C=O) groups excluding carboxylic acids is 1. The van der Waals surface area contributed by atoms with E-state index < -0.39 is 11.5 Å². The Hall–Kier alpha value is -3.85. The van der Waals surface area contributed by atoms with Crippen LogP contribution in [0.2, 0.25) is 0 Å². The molecule has 0 atom stereocenters. The van der Waals surface area contributed by atoms with Crippen molar-refractivity contribution in [1.29, 1.82) is 0 Å². The molecule has 0 fully saturated rings. The van der Waals surface area contributed by atoms with E-state index in [1.807, 2.05) is 31.2 Å². The maximum absolute atomic E-state index is 12.7. The molecule has 1 N–H and O–H groups in total. The third-order valence-electron chi connectivity index (χ3n) is 4.80. The molecule has 5 aromatic rings. The summed E-state index contributed by atoms with van der Waals surface area (Å²) in [7, 11) is 0. The van der Waals surface area contributed by atoms with Gasteiger partial charge in [0.15, 0.2) is 11.5 Å². The van der Waals surface area contributed by atoms with Gasteiger partial charge in [-0.05, 0) is 55.5 Å². The molecule has 0 spiro atoms. The summed E-state index contributed by atoms with van der Waals surface area (Å²) in [6, 6.07) is 17.6. The minimum atomic E-state index is -0.689. The van der Waals surface area contributed by atoms with Crippen molar-refractivity contribution in [3.63, 3.8) is 0 Å². The Morgan fingerprint density at radius 3 is 2.65 bits per heavy atom. The molecule has 0 aliphatic carbocycles. The van der Waals surface area contributed by atoms with Gasteiger partial charge in [-0.15, -0.1) is 10.2 Å². The summed E-state index contributed by atoms with van der Waals surface area (Å²) in [5.41, 5.74) is 2.49. The molecule has 9 heteroatoms. The van der Waals surface area contributed by atoms with Crippen LogP contribution in [-0.2, 0) is 0 Å². The molecular formula is C22H14BrN5O3. The molecule has 0 radical (unpaired) electrons. The number of hydrogen-bond donors (Lipinski definition) is 1. The standard InChI is InChI=1S/C22H14BrN5O3/c1-12-25-26-20-9-7-18(27-28(12)20)13-2-5-16(6-3-13)24-21(29)17-11-14-10-15(23)4-8-19(14)31-22(17)30/h2-11H,1H3,(H,24,29). The van der Waals surface area contributed by atoms with Crippen molar-refractivity contribution in [2.24, 2.45) is 0 Å². The molecular weight excluding hydrogens is 462 g/mol. The van der Waals surface area contributed by atoms with Gasteiger partial charge < -0.3 is 9.73 Å². The molecule has 2 aromatic carbocycles. The van der Waals surface area contributed by atoms with Gasteiger partial charge in [0.2, 0.25) is 0 Å². The molecule has 0 aliphatic heterocycles. The van der Waals surface area contributed by atoms with Crippen LogP contribution >= 0.6 is 15.9 Å².